The van der Waals surface area contributed by atoms with Crippen molar-refractivity contribution in [1.29, 1.82) is 0 Å². The number of hydrogen-bond acceptors (Lipinski definition) is 4. The van der Waals surface area contributed by atoms with Crippen molar-refractivity contribution in [3.8, 4) is 0 Å². The second-order valence-corrected chi connectivity index (χ2v) is 7.35. The molecule has 0 radical (unpaired) electrons. The number of aromatic nitrogens is 1. The first-order valence-electron chi connectivity index (χ1n) is 6.98. The Morgan fingerprint density at radius 2 is 1.52 bits per heavy atom. The number of pyridine rings is 1. The van der Waals surface area contributed by atoms with E-state index in [2.05, 4.69) is 57.2 Å². The molecule has 0 amide bonds. The van der Waals surface area contributed by atoms with Gasteiger partial charge in [0.2, 0.25) is 0 Å². The first-order valence-corrected chi connectivity index (χ1v) is 6.98. The number of carbonyl (C=O) groups is 1. The Balaban J connectivity index is 0.00000400. The van der Waals surface area contributed by atoms with Crippen molar-refractivity contribution in [2.45, 2.75) is 66.5 Å². The number of nitrogens with one attached hydrogen (secondary N) is 2. The lowest BCUT2D eigenvalue weighted by atomic mass is 10.0. The number of ketones is 1. The predicted octanol–water partition coefficient (Wildman–Crippen LogP) is 4.59. The zero-order valence-corrected chi connectivity index (χ0v) is 16.1. The van der Waals surface area contributed by atoms with Gasteiger partial charge in [0, 0.05) is 11.1 Å². The van der Waals surface area contributed by atoms with Gasteiger partial charge in [-0.25, -0.2) is 4.98 Å². The van der Waals surface area contributed by atoms with Gasteiger partial charge in [0.25, 0.3) is 0 Å². The number of nitrogens with zero attached hydrogens (tertiary/aromatic N) is 1. The maximum atomic E-state index is 11.9. The highest BCUT2D eigenvalue weighted by Gasteiger charge is 2.20. The minimum Gasteiger partial charge on any atom is -0.365 e. The lowest BCUT2D eigenvalue weighted by Crippen LogP contribution is -2.30. The molecule has 0 bridgehead atoms. The summed E-state index contributed by atoms with van der Waals surface area (Å²) >= 11 is 0. The van der Waals surface area contributed by atoms with Gasteiger partial charge in [-0.05, 0) is 67.0 Å². The molecular formula is C16H28BrN3O. The van der Waals surface area contributed by atoms with Crippen LogP contribution in [0.25, 0.3) is 0 Å². The fourth-order valence-electron chi connectivity index (χ4n) is 2.01. The van der Waals surface area contributed by atoms with E-state index in [1.165, 1.54) is 0 Å². The summed E-state index contributed by atoms with van der Waals surface area (Å²) in [6, 6.07) is 1.93. The van der Waals surface area contributed by atoms with Gasteiger partial charge in [0.15, 0.2) is 5.78 Å². The van der Waals surface area contributed by atoms with E-state index in [-0.39, 0.29) is 33.8 Å². The Morgan fingerprint density at radius 3 is 1.90 bits per heavy atom. The predicted molar refractivity (Wildman–Crippen MR) is 96.1 cm³/mol. The molecule has 1 heterocycles. The van der Waals surface area contributed by atoms with E-state index in [0.29, 0.717) is 11.4 Å². The van der Waals surface area contributed by atoms with Crippen LogP contribution in [0.1, 0.15) is 64.4 Å². The molecule has 0 atom stereocenters. The Bertz CT molecular complexity index is 513. The molecule has 5 heteroatoms. The molecular weight excluding hydrogens is 330 g/mol. The van der Waals surface area contributed by atoms with Crippen molar-refractivity contribution in [3.05, 3.63) is 17.2 Å². The second kappa shape index (κ2) is 6.77. The molecule has 0 saturated carbocycles. The lowest BCUT2D eigenvalue weighted by molar-refractivity contribution is 0.101. The van der Waals surface area contributed by atoms with Crippen molar-refractivity contribution in [1.82, 2.24) is 4.98 Å². The van der Waals surface area contributed by atoms with E-state index in [1.807, 2.05) is 13.0 Å². The van der Waals surface area contributed by atoms with Gasteiger partial charge >= 0.3 is 0 Å². The summed E-state index contributed by atoms with van der Waals surface area (Å²) in [7, 11) is 0. The number of carbonyl (C=O) groups excluding carboxylic acids is 1. The van der Waals surface area contributed by atoms with E-state index >= 15 is 0 Å². The highest BCUT2D eigenvalue weighted by Crippen LogP contribution is 2.26. The third-order valence-electron chi connectivity index (χ3n) is 2.57. The molecule has 2 N–H and O–H groups in total. The normalized spacial score (nSPS) is 11.6. The average Bonchev–Trinajstić information content (AvgIpc) is 2.08. The molecule has 0 aliphatic rings. The molecule has 1 rings (SSSR count). The molecule has 0 aromatic carbocycles. The molecule has 0 unspecified atom stereocenters. The number of hydrogen-bond donors (Lipinski definition) is 2. The van der Waals surface area contributed by atoms with Crippen LogP contribution in [0.2, 0.25) is 0 Å². The topological polar surface area (TPSA) is 54.0 Å². The number of halogens is 1. The summed E-state index contributed by atoms with van der Waals surface area (Å²) in [5, 5.41) is 6.68. The van der Waals surface area contributed by atoms with Gasteiger partial charge in [-0.15, -0.1) is 17.0 Å². The van der Waals surface area contributed by atoms with Crippen molar-refractivity contribution in [2.75, 3.05) is 10.6 Å². The van der Waals surface area contributed by atoms with Crippen molar-refractivity contribution in [2.24, 2.45) is 0 Å². The molecule has 0 aliphatic carbocycles. The molecule has 4 nitrogen and oxygen atoms in total. The van der Waals surface area contributed by atoms with E-state index in [0.717, 1.165) is 11.4 Å². The van der Waals surface area contributed by atoms with Crippen LogP contribution in [-0.4, -0.2) is 21.8 Å². The third-order valence-corrected chi connectivity index (χ3v) is 2.57. The van der Waals surface area contributed by atoms with Crippen LogP contribution < -0.4 is 10.6 Å². The summed E-state index contributed by atoms with van der Waals surface area (Å²) in [5.41, 5.74) is 1.38. The number of anilines is 2. The fourth-order valence-corrected chi connectivity index (χ4v) is 2.01. The molecule has 0 fully saturated rings. The molecule has 0 spiro atoms. The highest BCUT2D eigenvalue weighted by molar-refractivity contribution is 8.93. The summed E-state index contributed by atoms with van der Waals surface area (Å²) in [6.07, 6.45) is 0. The summed E-state index contributed by atoms with van der Waals surface area (Å²) in [6.45, 7) is 15.9. The second-order valence-electron chi connectivity index (χ2n) is 7.35. The van der Waals surface area contributed by atoms with Crippen LogP contribution in [0.5, 0.6) is 0 Å². The monoisotopic (exact) mass is 357 g/mol. The van der Waals surface area contributed by atoms with E-state index in [9.17, 15) is 4.79 Å². The number of aryl methyl sites for hydroxylation is 1. The fraction of sp³-hybridized carbons (Fsp3) is 0.625. The largest absolute Gasteiger partial charge is 0.365 e. The number of Topliss-reactive ketones (excluding diaryl/α,β-unsaturated/α-hetero) is 1. The van der Waals surface area contributed by atoms with E-state index in [1.54, 1.807) is 6.92 Å². The lowest BCUT2D eigenvalue weighted by Gasteiger charge is -2.26. The first-order chi connectivity index (χ1) is 8.89. The molecule has 0 saturated heterocycles. The van der Waals surface area contributed by atoms with Gasteiger partial charge < -0.3 is 10.6 Å². The summed E-state index contributed by atoms with van der Waals surface area (Å²) in [4.78, 5) is 16.5. The smallest absolute Gasteiger partial charge is 0.163 e. The van der Waals surface area contributed by atoms with Crippen LogP contribution in [0, 0.1) is 6.92 Å². The average molecular weight is 358 g/mol. The van der Waals surface area contributed by atoms with Crippen molar-refractivity contribution in [3.63, 3.8) is 0 Å². The summed E-state index contributed by atoms with van der Waals surface area (Å²) < 4.78 is 0. The summed E-state index contributed by atoms with van der Waals surface area (Å²) in [5.74, 6) is 1.47. The maximum Gasteiger partial charge on any atom is 0.163 e. The first kappa shape index (κ1) is 19.9. The Labute approximate surface area is 138 Å². The van der Waals surface area contributed by atoms with Crippen LogP contribution in [0.3, 0.4) is 0 Å². The van der Waals surface area contributed by atoms with Crippen molar-refractivity contribution < 1.29 is 4.79 Å². The van der Waals surface area contributed by atoms with Gasteiger partial charge in [-0.1, -0.05) is 0 Å². The van der Waals surface area contributed by atoms with Gasteiger partial charge in [-0.3, -0.25) is 4.79 Å². The standard InChI is InChI=1S/C16H27N3O.BrH/c1-10-9-12(18-15(3,4)5)17-14(13(10)11(2)20)19-16(6,7)8;/h9H,1-8H3,(H2,17,18,19);1H. The van der Waals surface area contributed by atoms with Gasteiger partial charge in [-0.2, -0.15) is 0 Å². The van der Waals surface area contributed by atoms with E-state index < -0.39 is 0 Å². The van der Waals surface area contributed by atoms with Crippen LogP contribution in [0.4, 0.5) is 11.6 Å². The Morgan fingerprint density at radius 1 is 1.05 bits per heavy atom. The Hall–Kier alpha value is -1.10. The third kappa shape index (κ3) is 6.46. The molecule has 21 heavy (non-hydrogen) atoms. The van der Waals surface area contributed by atoms with Gasteiger partial charge in [0.1, 0.15) is 11.6 Å². The van der Waals surface area contributed by atoms with Crippen LogP contribution >= 0.6 is 17.0 Å². The molecule has 1 aromatic heterocycles. The quantitative estimate of drug-likeness (QED) is 0.776. The van der Waals surface area contributed by atoms with Gasteiger partial charge in [0.05, 0.1) is 5.56 Å². The van der Waals surface area contributed by atoms with Crippen molar-refractivity contribution >= 4 is 34.4 Å². The zero-order valence-electron chi connectivity index (χ0n) is 14.3. The molecule has 120 valence electrons. The zero-order chi connectivity index (χ0) is 15.7. The Kier molecular flexibility index (Phi) is 6.42. The van der Waals surface area contributed by atoms with Crippen LogP contribution in [0.15, 0.2) is 6.07 Å². The minimum atomic E-state index is -0.149. The SMILES string of the molecule is Br.CC(=O)c1c(C)cc(NC(C)(C)C)nc1NC(C)(C)C. The molecule has 0 aliphatic heterocycles. The minimum absolute atomic E-state index is 0. The van der Waals surface area contributed by atoms with E-state index in [4.69, 9.17) is 0 Å². The highest BCUT2D eigenvalue weighted by atomic mass is 79.9. The molecule has 1 aromatic rings. The maximum absolute atomic E-state index is 11.9. The number of rotatable bonds is 3. The van der Waals surface area contributed by atoms with Crippen LogP contribution in [-0.2, 0) is 0 Å².